The summed E-state index contributed by atoms with van der Waals surface area (Å²) in [7, 11) is 0. The molecule has 1 aliphatic carbocycles. The number of nitrogens with zero attached hydrogens (tertiary/aromatic N) is 3. The number of allylic oxidation sites excluding steroid dienone is 1. The first-order chi connectivity index (χ1) is 11.8. The molecule has 6 nitrogen and oxygen atoms in total. The maximum atomic E-state index is 13.9. The van der Waals surface area contributed by atoms with Crippen molar-refractivity contribution in [3.63, 3.8) is 0 Å². The number of morpholine rings is 1. The van der Waals surface area contributed by atoms with E-state index >= 15 is 0 Å². The molecule has 1 saturated heterocycles. The molecule has 1 spiro atoms. The summed E-state index contributed by atoms with van der Waals surface area (Å²) in [5, 5.41) is 9.27. The van der Waals surface area contributed by atoms with Gasteiger partial charge in [0.15, 0.2) is 11.6 Å². The average molecular weight is 343 g/mol. The Balaban J connectivity index is 1.92. The van der Waals surface area contributed by atoms with Crippen LogP contribution in [0, 0.1) is 22.6 Å². The fraction of sp³-hybridized carbons (Fsp3) is 0.444. The van der Waals surface area contributed by atoms with Crippen molar-refractivity contribution in [3.8, 4) is 6.07 Å². The smallest absolute Gasteiger partial charge is 0.257 e. The second-order valence-corrected chi connectivity index (χ2v) is 7.06. The molecular weight excluding hydrogens is 325 g/mol. The molecule has 3 rings (SSSR count). The largest absolute Gasteiger partial charge is 0.367 e. The molecule has 1 aromatic heterocycles. The third kappa shape index (κ3) is 3.05. The van der Waals surface area contributed by atoms with Gasteiger partial charge in [-0.05, 0) is 18.6 Å². The van der Waals surface area contributed by atoms with Crippen molar-refractivity contribution in [1.29, 1.82) is 5.26 Å². The van der Waals surface area contributed by atoms with Crippen LogP contribution in [0.2, 0.25) is 0 Å². The highest BCUT2D eigenvalue weighted by atomic mass is 19.1. The fourth-order valence-electron chi connectivity index (χ4n) is 3.55. The second kappa shape index (κ2) is 6.05. The van der Waals surface area contributed by atoms with E-state index in [0.29, 0.717) is 13.0 Å². The molecule has 0 saturated carbocycles. The van der Waals surface area contributed by atoms with Crippen molar-refractivity contribution in [2.45, 2.75) is 25.9 Å². The van der Waals surface area contributed by atoms with Gasteiger partial charge in [-0.15, -0.1) is 0 Å². The van der Waals surface area contributed by atoms with Gasteiger partial charge in [-0.25, -0.2) is 4.39 Å². The number of amides is 1. The molecule has 2 aliphatic rings. The van der Waals surface area contributed by atoms with Crippen LogP contribution < -0.4 is 0 Å². The average Bonchev–Trinajstić information content (AvgIpc) is 2.58. The zero-order valence-electron chi connectivity index (χ0n) is 14.1. The lowest BCUT2D eigenvalue weighted by Crippen LogP contribution is -2.57. The van der Waals surface area contributed by atoms with E-state index in [1.807, 2.05) is 6.07 Å². The number of rotatable bonds is 1. The Morgan fingerprint density at radius 3 is 2.92 bits per heavy atom. The van der Waals surface area contributed by atoms with Crippen molar-refractivity contribution in [2.75, 3.05) is 19.7 Å². The minimum atomic E-state index is -0.917. The molecule has 2 heterocycles. The summed E-state index contributed by atoms with van der Waals surface area (Å²) in [5.74, 6) is -1.36. The topological polar surface area (TPSA) is 83.3 Å². The van der Waals surface area contributed by atoms with Gasteiger partial charge in [-0.2, -0.15) is 5.26 Å². The lowest BCUT2D eigenvalue weighted by Gasteiger charge is -2.46. The van der Waals surface area contributed by atoms with Crippen LogP contribution in [0.4, 0.5) is 4.39 Å². The van der Waals surface area contributed by atoms with E-state index in [1.54, 1.807) is 13.8 Å². The number of nitriles is 1. The SMILES string of the molecule is CC1(C)CC2(C=C(C#N)C1=O)CN(C(=O)c1ccncc1F)CCO2. The van der Waals surface area contributed by atoms with E-state index in [-0.39, 0.29) is 30.1 Å². The van der Waals surface area contributed by atoms with Crippen LogP contribution in [-0.2, 0) is 9.53 Å². The van der Waals surface area contributed by atoms with E-state index in [1.165, 1.54) is 23.2 Å². The first kappa shape index (κ1) is 17.2. The maximum Gasteiger partial charge on any atom is 0.257 e. The van der Waals surface area contributed by atoms with E-state index < -0.39 is 22.7 Å². The molecule has 0 radical (unpaired) electrons. The summed E-state index contributed by atoms with van der Waals surface area (Å²) in [6.45, 7) is 4.24. The summed E-state index contributed by atoms with van der Waals surface area (Å²) in [5.41, 5.74) is -1.70. The van der Waals surface area contributed by atoms with Crippen LogP contribution in [0.25, 0.3) is 0 Å². The number of Topliss-reactive ketones (excluding diaryl/α,β-unsaturated/α-hetero) is 1. The number of aromatic nitrogens is 1. The molecule has 130 valence electrons. The summed E-state index contributed by atoms with van der Waals surface area (Å²) < 4.78 is 19.8. The third-order valence-electron chi connectivity index (χ3n) is 4.63. The van der Waals surface area contributed by atoms with Gasteiger partial charge >= 0.3 is 0 Å². The van der Waals surface area contributed by atoms with Gasteiger partial charge in [0, 0.05) is 18.2 Å². The third-order valence-corrected chi connectivity index (χ3v) is 4.63. The van der Waals surface area contributed by atoms with Gasteiger partial charge in [0.1, 0.15) is 11.7 Å². The molecular formula is C18H18FN3O3. The van der Waals surface area contributed by atoms with Crippen molar-refractivity contribution >= 4 is 11.7 Å². The predicted molar refractivity (Wildman–Crippen MR) is 85.9 cm³/mol. The maximum absolute atomic E-state index is 13.9. The Morgan fingerprint density at radius 1 is 1.48 bits per heavy atom. The number of carbonyl (C=O) groups excluding carboxylic acids is 2. The molecule has 25 heavy (non-hydrogen) atoms. The lowest BCUT2D eigenvalue weighted by atomic mass is 9.69. The van der Waals surface area contributed by atoms with E-state index in [0.717, 1.165) is 6.20 Å². The molecule has 1 atom stereocenters. The first-order valence-electron chi connectivity index (χ1n) is 7.98. The van der Waals surface area contributed by atoms with Gasteiger partial charge in [0.2, 0.25) is 0 Å². The number of ketones is 1. The lowest BCUT2D eigenvalue weighted by molar-refractivity contribution is -0.134. The van der Waals surface area contributed by atoms with Gasteiger partial charge < -0.3 is 9.64 Å². The number of ether oxygens (including phenoxy) is 1. The predicted octanol–water partition coefficient (Wildman–Crippen LogP) is 1.88. The number of hydrogen-bond donors (Lipinski definition) is 0. The Hall–Kier alpha value is -2.59. The minimum Gasteiger partial charge on any atom is -0.367 e. The molecule has 7 heteroatoms. The molecule has 1 fully saturated rings. The van der Waals surface area contributed by atoms with Gasteiger partial charge in [0.05, 0.1) is 30.5 Å². The summed E-state index contributed by atoms with van der Waals surface area (Å²) in [4.78, 5) is 30.1. The zero-order chi connectivity index (χ0) is 18.2. The monoisotopic (exact) mass is 343 g/mol. The van der Waals surface area contributed by atoms with E-state index in [4.69, 9.17) is 4.74 Å². The first-order valence-corrected chi connectivity index (χ1v) is 7.98. The number of hydrogen-bond acceptors (Lipinski definition) is 5. The molecule has 0 aromatic carbocycles. The Labute approximate surface area is 144 Å². The van der Waals surface area contributed by atoms with Gasteiger partial charge in [-0.3, -0.25) is 14.6 Å². The minimum absolute atomic E-state index is 0.0423. The second-order valence-electron chi connectivity index (χ2n) is 7.06. The van der Waals surface area contributed by atoms with Crippen LogP contribution in [0.1, 0.15) is 30.6 Å². The quantitative estimate of drug-likeness (QED) is 0.777. The number of pyridine rings is 1. The van der Waals surface area contributed by atoms with Crippen LogP contribution in [-0.4, -0.2) is 46.9 Å². The summed E-state index contributed by atoms with van der Waals surface area (Å²) in [6.07, 6.45) is 4.23. The summed E-state index contributed by atoms with van der Waals surface area (Å²) >= 11 is 0. The number of halogens is 1. The molecule has 0 N–H and O–H groups in total. The molecule has 1 aromatic rings. The van der Waals surface area contributed by atoms with E-state index in [2.05, 4.69) is 4.98 Å². The van der Waals surface area contributed by atoms with Gasteiger partial charge in [0.25, 0.3) is 5.91 Å². The van der Waals surface area contributed by atoms with Crippen LogP contribution >= 0.6 is 0 Å². The van der Waals surface area contributed by atoms with Crippen molar-refractivity contribution in [2.24, 2.45) is 5.41 Å². The molecule has 1 aliphatic heterocycles. The normalized spacial score (nSPS) is 25.4. The van der Waals surface area contributed by atoms with E-state index in [9.17, 15) is 19.2 Å². The Kier molecular flexibility index (Phi) is 4.17. The highest BCUT2D eigenvalue weighted by molar-refractivity contribution is 6.04. The fourth-order valence-corrected chi connectivity index (χ4v) is 3.55. The molecule has 0 bridgehead atoms. The van der Waals surface area contributed by atoms with Crippen LogP contribution in [0.5, 0.6) is 0 Å². The molecule has 1 unspecified atom stereocenters. The van der Waals surface area contributed by atoms with Crippen LogP contribution in [0.3, 0.4) is 0 Å². The van der Waals surface area contributed by atoms with Crippen molar-refractivity contribution < 1.29 is 18.7 Å². The van der Waals surface area contributed by atoms with Crippen molar-refractivity contribution in [1.82, 2.24) is 9.88 Å². The van der Waals surface area contributed by atoms with Crippen molar-refractivity contribution in [3.05, 3.63) is 41.5 Å². The zero-order valence-corrected chi connectivity index (χ0v) is 14.1. The van der Waals surface area contributed by atoms with Gasteiger partial charge in [-0.1, -0.05) is 13.8 Å². The Morgan fingerprint density at radius 2 is 2.24 bits per heavy atom. The molecule has 1 amide bonds. The standard InChI is InChI=1S/C18H18FN3O3/c1-17(2)10-18(7-12(8-20)15(17)23)11-22(5-6-25-18)16(24)13-3-4-21-9-14(13)19/h3-4,7,9H,5-6,10-11H2,1-2H3. The van der Waals surface area contributed by atoms with Crippen LogP contribution in [0.15, 0.2) is 30.1 Å². The number of carbonyl (C=O) groups is 2. The highest BCUT2D eigenvalue weighted by Crippen LogP contribution is 2.41. The highest BCUT2D eigenvalue weighted by Gasteiger charge is 2.48. The Bertz CT molecular complexity index is 812. The summed E-state index contributed by atoms with van der Waals surface area (Å²) in [6, 6.07) is 3.26.